The first-order valence-electron chi connectivity index (χ1n) is 8.09. The van der Waals surface area contributed by atoms with Gasteiger partial charge in [0.15, 0.2) is 0 Å². The molecule has 2 aromatic carbocycles. The Bertz CT molecular complexity index is 1070. The predicted molar refractivity (Wildman–Crippen MR) is 101 cm³/mol. The average Bonchev–Trinajstić information content (AvgIpc) is 3.13. The molecular formula is C20H15N5O. The van der Waals surface area contributed by atoms with Crippen LogP contribution in [0.25, 0.3) is 22.4 Å². The Hall–Kier alpha value is -3.80. The van der Waals surface area contributed by atoms with Crippen LogP contribution in [0.15, 0.2) is 78.0 Å². The van der Waals surface area contributed by atoms with Crippen LogP contribution in [0.2, 0.25) is 0 Å². The number of pyridine rings is 1. The van der Waals surface area contributed by atoms with E-state index in [9.17, 15) is 4.79 Å². The lowest BCUT2D eigenvalue weighted by molar-refractivity contribution is 0.0955. The molecule has 2 aromatic heterocycles. The third-order valence-corrected chi connectivity index (χ3v) is 3.84. The van der Waals surface area contributed by atoms with Gasteiger partial charge in [-0.05, 0) is 30.3 Å². The van der Waals surface area contributed by atoms with Crippen LogP contribution < -0.4 is 5.43 Å². The Morgan fingerprint density at radius 2 is 1.88 bits per heavy atom. The van der Waals surface area contributed by atoms with Gasteiger partial charge in [0.2, 0.25) is 0 Å². The molecule has 0 saturated carbocycles. The fourth-order valence-electron chi connectivity index (χ4n) is 2.56. The maximum Gasteiger partial charge on any atom is 0.271 e. The summed E-state index contributed by atoms with van der Waals surface area (Å²) in [6, 6.07) is 20.6. The van der Waals surface area contributed by atoms with Crippen molar-refractivity contribution in [2.45, 2.75) is 0 Å². The number of rotatable bonds is 4. The molecule has 4 aromatic rings. The number of amides is 1. The first-order chi connectivity index (χ1) is 12.8. The second-order valence-electron chi connectivity index (χ2n) is 5.64. The van der Waals surface area contributed by atoms with Crippen molar-refractivity contribution in [3.05, 3.63) is 84.2 Å². The number of carbonyl (C=O) groups is 1. The molecule has 0 unspecified atom stereocenters. The zero-order valence-electron chi connectivity index (χ0n) is 13.8. The van der Waals surface area contributed by atoms with Crippen molar-refractivity contribution in [3.8, 4) is 11.4 Å². The third kappa shape index (κ3) is 3.34. The van der Waals surface area contributed by atoms with Gasteiger partial charge in [-0.25, -0.2) is 10.4 Å². The summed E-state index contributed by atoms with van der Waals surface area (Å²) in [5.41, 5.74) is 6.27. The molecule has 0 atom stereocenters. The quantitative estimate of drug-likeness (QED) is 0.441. The van der Waals surface area contributed by atoms with Crippen molar-refractivity contribution in [2.75, 3.05) is 0 Å². The summed E-state index contributed by atoms with van der Waals surface area (Å²) in [5.74, 6) is 0.473. The topological polar surface area (TPSA) is 83.0 Å². The number of imidazole rings is 1. The molecule has 0 aliphatic rings. The number of hydrazone groups is 1. The Labute approximate surface area is 149 Å². The number of aromatic amines is 1. The van der Waals surface area contributed by atoms with Crippen LogP contribution in [0.3, 0.4) is 0 Å². The Balaban J connectivity index is 1.53. The Morgan fingerprint density at radius 1 is 1.04 bits per heavy atom. The zero-order valence-corrected chi connectivity index (χ0v) is 13.8. The minimum absolute atomic E-state index is 0.296. The van der Waals surface area contributed by atoms with E-state index in [0.29, 0.717) is 11.3 Å². The van der Waals surface area contributed by atoms with Crippen LogP contribution in [0, 0.1) is 0 Å². The molecule has 2 heterocycles. The summed E-state index contributed by atoms with van der Waals surface area (Å²) < 4.78 is 0. The lowest BCUT2D eigenvalue weighted by Crippen LogP contribution is -2.17. The Kier molecular flexibility index (Phi) is 4.22. The molecular weight excluding hydrogens is 326 g/mol. The lowest BCUT2D eigenvalue weighted by Gasteiger charge is -1.99. The van der Waals surface area contributed by atoms with Gasteiger partial charge in [0.05, 0.1) is 22.9 Å². The maximum atomic E-state index is 12.3. The first kappa shape index (κ1) is 15.7. The number of aromatic nitrogens is 3. The number of fused-ring (bicyclic) bond motifs is 1. The van der Waals surface area contributed by atoms with Crippen molar-refractivity contribution in [2.24, 2.45) is 5.10 Å². The third-order valence-electron chi connectivity index (χ3n) is 3.84. The van der Waals surface area contributed by atoms with E-state index in [1.165, 1.54) is 6.21 Å². The van der Waals surface area contributed by atoms with Crippen LogP contribution in [0.5, 0.6) is 0 Å². The van der Waals surface area contributed by atoms with Crippen LogP contribution in [0.4, 0.5) is 0 Å². The largest absolute Gasteiger partial charge is 0.338 e. The molecule has 1 amide bonds. The van der Waals surface area contributed by atoms with Crippen molar-refractivity contribution >= 4 is 23.2 Å². The van der Waals surface area contributed by atoms with Crippen molar-refractivity contribution in [1.29, 1.82) is 0 Å². The highest BCUT2D eigenvalue weighted by molar-refractivity contribution is 5.98. The zero-order chi connectivity index (χ0) is 17.8. The van der Waals surface area contributed by atoms with Gasteiger partial charge in [-0.3, -0.25) is 9.78 Å². The second-order valence-corrected chi connectivity index (χ2v) is 5.64. The standard InChI is InChI=1S/C20H15N5O/c26-20(25-22-13-16-8-4-5-11-21-16)15-9-10-17-18(12-15)24-19(23-17)14-6-2-1-3-7-14/h1-13H,(H,23,24)(H,25,26)/b22-13+. The van der Waals surface area contributed by atoms with Crippen molar-refractivity contribution in [1.82, 2.24) is 20.4 Å². The average molecular weight is 341 g/mol. The molecule has 0 radical (unpaired) electrons. The molecule has 0 saturated heterocycles. The van der Waals surface area contributed by atoms with Gasteiger partial charge in [-0.2, -0.15) is 5.10 Å². The summed E-state index contributed by atoms with van der Waals surface area (Å²) in [6.07, 6.45) is 3.17. The van der Waals surface area contributed by atoms with Gasteiger partial charge < -0.3 is 4.98 Å². The van der Waals surface area contributed by atoms with E-state index in [0.717, 1.165) is 22.4 Å². The SMILES string of the molecule is O=C(N/N=C/c1ccccn1)c1ccc2nc(-c3ccccc3)[nH]c2c1. The normalized spacial score (nSPS) is 11.1. The van der Waals surface area contributed by atoms with Crippen molar-refractivity contribution in [3.63, 3.8) is 0 Å². The van der Waals surface area contributed by atoms with Gasteiger partial charge in [0.1, 0.15) is 5.82 Å². The van der Waals surface area contributed by atoms with E-state index >= 15 is 0 Å². The highest BCUT2D eigenvalue weighted by Gasteiger charge is 2.09. The number of carbonyl (C=O) groups excluding carboxylic acids is 1. The van der Waals surface area contributed by atoms with Gasteiger partial charge in [0, 0.05) is 17.3 Å². The molecule has 6 nitrogen and oxygen atoms in total. The van der Waals surface area contributed by atoms with E-state index in [1.807, 2.05) is 48.5 Å². The number of nitrogens with one attached hydrogen (secondary N) is 2. The molecule has 0 aliphatic carbocycles. The van der Waals surface area contributed by atoms with E-state index in [2.05, 4.69) is 25.5 Å². The van der Waals surface area contributed by atoms with Crippen LogP contribution in [-0.4, -0.2) is 27.1 Å². The number of hydrogen-bond acceptors (Lipinski definition) is 4. The van der Waals surface area contributed by atoms with Gasteiger partial charge in [0.25, 0.3) is 5.91 Å². The summed E-state index contributed by atoms with van der Waals surface area (Å²) in [5, 5.41) is 3.94. The highest BCUT2D eigenvalue weighted by atomic mass is 16.2. The van der Waals surface area contributed by atoms with E-state index < -0.39 is 0 Å². The molecule has 0 fully saturated rings. The number of hydrogen-bond donors (Lipinski definition) is 2. The fourth-order valence-corrected chi connectivity index (χ4v) is 2.56. The van der Waals surface area contributed by atoms with Crippen molar-refractivity contribution < 1.29 is 4.79 Å². The van der Waals surface area contributed by atoms with Gasteiger partial charge >= 0.3 is 0 Å². The summed E-state index contributed by atoms with van der Waals surface area (Å²) >= 11 is 0. The molecule has 4 rings (SSSR count). The fraction of sp³-hybridized carbons (Fsp3) is 0. The second kappa shape index (κ2) is 6.98. The number of nitrogens with zero attached hydrogens (tertiary/aromatic N) is 3. The van der Waals surface area contributed by atoms with E-state index in [4.69, 9.17) is 0 Å². The first-order valence-corrected chi connectivity index (χ1v) is 8.09. The van der Waals surface area contributed by atoms with Gasteiger partial charge in [-0.1, -0.05) is 36.4 Å². The molecule has 0 spiro atoms. The molecule has 2 N–H and O–H groups in total. The lowest BCUT2D eigenvalue weighted by atomic mass is 10.2. The minimum atomic E-state index is -0.296. The molecule has 6 heteroatoms. The minimum Gasteiger partial charge on any atom is -0.338 e. The summed E-state index contributed by atoms with van der Waals surface area (Å²) in [7, 11) is 0. The summed E-state index contributed by atoms with van der Waals surface area (Å²) in [6.45, 7) is 0. The number of H-pyrrole nitrogens is 1. The van der Waals surface area contributed by atoms with Crippen LogP contribution >= 0.6 is 0 Å². The molecule has 0 aliphatic heterocycles. The molecule has 0 bridgehead atoms. The maximum absolute atomic E-state index is 12.3. The predicted octanol–water partition coefficient (Wildman–Crippen LogP) is 3.39. The Morgan fingerprint density at radius 3 is 2.69 bits per heavy atom. The smallest absolute Gasteiger partial charge is 0.271 e. The highest BCUT2D eigenvalue weighted by Crippen LogP contribution is 2.21. The molecule has 26 heavy (non-hydrogen) atoms. The van der Waals surface area contributed by atoms with E-state index in [1.54, 1.807) is 24.4 Å². The van der Waals surface area contributed by atoms with Crippen LogP contribution in [-0.2, 0) is 0 Å². The van der Waals surface area contributed by atoms with E-state index in [-0.39, 0.29) is 5.91 Å². The monoisotopic (exact) mass is 341 g/mol. The number of benzene rings is 2. The van der Waals surface area contributed by atoms with Gasteiger partial charge in [-0.15, -0.1) is 0 Å². The van der Waals surface area contributed by atoms with Crippen LogP contribution in [0.1, 0.15) is 16.1 Å². The molecule has 126 valence electrons. The summed E-state index contributed by atoms with van der Waals surface area (Å²) in [4.78, 5) is 24.2.